The molecular weight excluding hydrogens is 378 g/mol. The lowest BCUT2D eigenvalue weighted by Crippen LogP contribution is -2.30. The molecule has 4 nitrogen and oxygen atoms in total. The van der Waals surface area contributed by atoms with Crippen LogP contribution >= 0.6 is 11.8 Å². The maximum absolute atomic E-state index is 9.61. The van der Waals surface area contributed by atoms with Crippen molar-refractivity contribution in [2.24, 2.45) is 0 Å². The number of hydrogen-bond donors (Lipinski definition) is 0. The van der Waals surface area contributed by atoms with Gasteiger partial charge in [0.15, 0.2) is 0 Å². The van der Waals surface area contributed by atoms with E-state index in [4.69, 9.17) is 9.72 Å². The molecule has 4 rings (SSSR count). The fourth-order valence-electron chi connectivity index (χ4n) is 3.49. The number of rotatable bonds is 7. The monoisotopic (exact) mass is 401 g/mol. The minimum absolute atomic E-state index is 0.586. The van der Waals surface area contributed by atoms with E-state index in [1.165, 1.54) is 11.1 Å². The summed E-state index contributed by atoms with van der Waals surface area (Å²) in [6.45, 7) is 3.34. The Labute approximate surface area is 176 Å². The number of benzene rings is 2. The molecule has 0 atom stereocenters. The average Bonchev–Trinajstić information content (AvgIpc) is 2.77. The second kappa shape index (κ2) is 9.60. The molecule has 0 bridgehead atoms. The molecule has 0 aliphatic carbocycles. The van der Waals surface area contributed by atoms with Crippen LogP contribution in [0.5, 0.6) is 5.75 Å². The van der Waals surface area contributed by atoms with Crippen molar-refractivity contribution in [2.75, 3.05) is 18.9 Å². The second-order valence-corrected chi connectivity index (χ2v) is 8.10. The highest BCUT2D eigenvalue weighted by molar-refractivity contribution is 7.99. The van der Waals surface area contributed by atoms with E-state index < -0.39 is 0 Å². The third-order valence-electron chi connectivity index (χ3n) is 4.92. The van der Waals surface area contributed by atoms with Crippen LogP contribution < -0.4 is 4.74 Å². The quantitative estimate of drug-likeness (QED) is 0.425. The smallest absolute Gasteiger partial charge is 0.119 e. The van der Waals surface area contributed by atoms with Gasteiger partial charge in [0.05, 0.1) is 12.2 Å². The number of thioether (sulfide) groups is 1. The third kappa shape index (κ3) is 5.17. The summed E-state index contributed by atoms with van der Waals surface area (Å²) in [5.74, 6) is 1.63. The van der Waals surface area contributed by atoms with Crippen LogP contribution in [0.3, 0.4) is 0 Å². The molecule has 1 aromatic heterocycles. The van der Waals surface area contributed by atoms with Gasteiger partial charge in [-0.3, -0.25) is 4.90 Å². The van der Waals surface area contributed by atoms with Gasteiger partial charge in [-0.2, -0.15) is 5.26 Å². The van der Waals surface area contributed by atoms with Crippen molar-refractivity contribution in [3.05, 3.63) is 89.1 Å². The minimum atomic E-state index is 0.586. The summed E-state index contributed by atoms with van der Waals surface area (Å²) in [5.41, 5.74) is 4.28. The van der Waals surface area contributed by atoms with Gasteiger partial charge in [0.1, 0.15) is 16.8 Å². The number of pyridine rings is 1. The first kappa shape index (κ1) is 19.5. The molecule has 2 heterocycles. The molecule has 0 unspecified atom stereocenters. The SMILES string of the molecule is N#Cc1cc2c(nc1SCCOc1ccccc1)CCN(Cc1ccccc1)C2. The number of para-hydroxylation sites is 1. The number of nitriles is 1. The molecule has 0 radical (unpaired) electrons. The first-order chi connectivity index (χ1) is 14.3. The van der Waals surface area contributed by atoms with Gasteiger partial charge in [0, 0.05) is 37.5 Å². The fraction of sp³-hybridized carbons (Fsp3) is 0.250. The number of aromatic nitrogens is 1. The van der Waals surface area contributed by atoms with Crippen LogP contribution in [-0.4, -0.2) is 28.8 Å². The van der Waals surface area contributed by atoms with Gasteiger partial charge in [-0.05, 0) is 29.3 Å². The first-order valence-corrected chi connectivity index (χ1v) is 10.8. The van der Waals surface area contributed by atoms with Crippen LogP contribution in [0.2, 0.25) is 0 Å². The van der Waals surface area contributed by atoms with Crippen molar-refractivity contribution in [2.45, 2.75) is 24.5 Å². The lowest BCUT2D eigenvalue weighted by Gasteiger charge is -2.28. The zero-order valence-corrected chi connectivity index (χ0v) is 17.1. The number of fused-ring (bicyclic) bond motifs is 1. The molecule has 0 N–H and O–H groups in total. The fourth-order valence-corrected chi connectivity index (χ4v) is 4.29. The van der Waals surface area contributed by atoms with Crippen molar-refractivity contribution in [3.8, 4) is 11.8 Å². The Morgan fingerprint density at radius 1 is 1.07 bits per heavy atom. The Balaban J connectivity index is 1.38. The topological polar surface area (TPSA) is 49.1 Å². The molecule has 0 spiro atoms. The largest absolute Gasteiger partial charge is 0.493 e. The molecule has 2 aromatic carbocycles. The highest BCUT2D eigenvalue weighted by atomic mass is 32.2. The van der Waals surface area contributed by atoms with Crippen LogP contribution in [0, 0.1) is 11.3 Å². The molecule has 3 aromatic rings. The summed E-state index contributed by atoms with van der Waals surface area (Å²) in [5, 5.41) is 10.4. The van der Waals surface area contributed by atoms with Gasteiger partial charge in [-0.1, -0.05) is 48.5 Å². The summed E-state index contributed by atoms with van der Waals surface area (Å²) in [6.07, 6.45) is 0.919. The molecular formula is C24H23N3OS. The van der Waals surface area contributed by atoms with Crippen LogP contribution in [0.15, 0.2) is 71.8 Å². The van der Waals surface area contributed by atoms with Crippen LogP contribution in [0.4, 0.5) is 0 Å². The van der Waals surface area contributed by atoms with Gasteiger partial charge in [-0.25, -0.2) is 4.98 Å². The number of hydrogen-bond acceptors (Lipinski definition) is 5. The van der Waals surface area contributed by atoms with Crippen LogP contribution in [0.1, 0.15) is 22.4 Å². The Hall–Kier alpha value is -2.81. The van der Waals surface area contributed by atoms with E-state index in [1.807, 2.05) is 42.5 Å². The zero-order valence-electron chi connectivity index (χ0n) is 16.3. The predicted molar refractivity (Wildman–Crippen MR) is 116 cm³/mol. The molecule has 29 heavy (non-hydrogen) atoms. The minimum Gasteiger partial charge on any atom is -0.493 e. The number of ether oxygens (including phenoxy) is 1. The maximum atomic E-state index is 9.61. The van der Waals surface area contributed by atoms with Gasteiger partial charge < -0.3 is 4.74 Å². The standard InChI is InChI=1S/C24H23N3OS/c25-16-20-15-21-18-27(17-19-7-3-1-4-8-19)12-11-23(21)26-24(20)29-14-13-28-22-9-5-2-6-10-22/h1-10,15H,11-14,17-18H2. The Morgan fingerprint density at radius 2 is 1.83 bits per heavy atom. The van der Waals surface area contributed by atoms with Crippen LogP contribution in [-0.2, 0) is 19.5 Å². The van der Waals surface area contributed by atoms with Crippen molar-refractivity contribution in [3.63, 3.8) is 0 Å². The summed E-state index contributed by atoms with van der Waals surface area (Å²) in [4.78, 5) is 7.25. The normalized spacial score (nSPS) is 13.5. The molecule has 0 fully saturated rings. The summed E-state index contributed by atoms with van der Waals surface area (Å²) < 4.78 is 5.75. The van der Waals surface area contributed by atoms with Crippen molar-refractivity contribution in [1.82, 2.24) is 9.88 Å². The van der Waals surface area contributed by atoms with E-state index >= 15 is 0 Å². The summed E-state index contributed by atoms with van der Waals surface area (Å²) in [6, 6.07) is 24.7. The first-order valence-electron chi connectivity index (χ1n) is 9.81. The number of nitrogens with zero attached hydrogens (tertiary/aromatic N) is 3. The highest BCUT2D eigenvalue weighted by Crippen LogP contribution is 2.27. The van der Waals surface area contributed by atoms with Gasteiger partial charge >= 0.3 is 0 Å². The van der Waals surface area contributed by atoms with Crippen molar-refractivity contribution in [1.29, 1.82) is 5.26 Å². The average molecular weight is 402 g/mol. The van der Waals surface area contributed by atoms with E-state index in [2.05, 4.69) is 35.2 Å². The molecule has 0 saturated heterocycles. The van der Waals surface area contributed by atoms with E-state index in [-0.39, 0.29) is 0 Å². The molecule has 0 amide bonds. The van der Waals surface area contributed by atoms with Crippen LogP contribution in [0.25, 0.3) is 0 Å². The molecule has 5 heteroatoms. The second-order valence-electron chi connectivity index (χ2n) is 7.01. The summed E-state index contributed by atoms with van der Waals surface area (Å²) in [7, 11) is 0. The van der Waals surface area contributed by atoms with E-state index in [0.717, 1.165) is 48.3 Å². The lowest BCUT2D eigenvalue weighted by molar-refractivity contribution is 0.243. The lowest BCUT2D eigenvalue weighted by atomic mass is 10.0. The molecule has 1 aliphatic heterocycles. The van der Waals surface area contributed by atoms with Gasteiger partial charge in [0.2, 0.25) is 0 Å². The van der Waals surface area contributed by atoms with E-state index in [9.17, 15) is 5.26 Å². The van der Waals surface area contributed by atoms with Gasteiger partial charge in [-0.15, -0.1) is 11.8 Å². The Kier molecular flexibility index (Phi) is 6.45. The molecule has 146 valence electrons. The van der Waals surface area contributed by atoms with E-state index in [0.29, 0.717) is 12.2 Å². The highest BCUT2D eigenvalue weighted by Gasteiger charge is 2.20. The Morgan fingerprint density at radius 3 is 2.59 bits per heavy atom. The maximum Gasteiger partial charge on any atom is 0.119 e. The summed E-state index contributed by atoms with van der Waals surface area (Å²) >= 11 is 1.59. The van der Waals surface area contributed by atoms with Crippen molar-refractivity contribution >= 4 is 11.8 Å². The van der Waals surface area contributed by atoms with Gasteiger partial charge in [0.25, 0.3) is 0 Å². The van der Waals surface area contributed by atoms with E-state index in [1.54, 1.807) is 11.8 Å². The molecule has 1 aliphatic rings. The Bertz CT molecular complexity index is 986. The predicted octanol–water partition coefficient (Wildman–Crippen LogP) is 4.68. The molecule has 0 saturated carbocycles. The third-order valence-corrected chi connectivity index (χ3v) is 5.87. The zero-order chi connectivity index (χ0) is 19.9. The van der Waals surface area contributed by atoms with Crippen molar-refractivity contribution < 1.29 is 4.74 Å².